The number of halogens is 1. The van der Waals surface area contributed by atoms with Gasteiger partial charge in [-0.3, -0.25) is 4.79 Å². The topological polar surface area (TPSA) is 29.1 Å². The zero-order valence-electron chi connectivity index (χ0n) is 10.2. The molecule has 0 radical (unpaired) electrons. The third kappa shape index (κ3) is 3.32. The minimum Gasteiger partial charge on any atom is -0.322 e. The van der Waals surface area contributed by atoms with Gasteiger partial charge in [-0.1, -0.05) is 26.0 Å². The molecule has 1 N–H and O–H groups in total. The van der Waals surface area contributed by atoms with Crippen molar-refractivity contribution in [3.05, 3.63) is 49.7 Å². The van der Waals surface area contributed by atoms with E-state index >= 15 is 0 Å². The van der Waals surface area contributed by atoms with Gasteiger partial charge in [-0.2, -0.15) is 0 Å². The van der Waals surface area contributed by atoms with E-state index in [1.165, 1.54) is 5.56 Å². The van der Waals surface area contributed by atoms with Crippen LogP contribution < -0.4 is 5.32 Å². The van der Waals surface area contributed by atoms with E-state index in [1.807, 2.05) is 29.6 Å². The summed E-state index contributed by atoms with van der Waals surface area (Å²) in [5.74, 6) is 0.416. The first kappa shape index (κ1) is 13.5. The largest absolute Gasteiger partial charge is 0.322 e. The maximum atomic E-state index is 12.0. The van der Waals surface area contributed by atoms with E-state index in [-0.39, 0.29) is 5.91 Å². The lowest BCUT2D eigenvalue weighted by molar-refractivity contribution is 0.102. The van der Waals surface area contributed by atoms with Crippen LogP contribution in [0, 0.1) is 2.88 Å². The highest BCUT2D eigenvalue weighted by Crippen LogP contribution is 2.21. The molecule has 4 heteroatoms. The SMILES string of the molecule is CC(C)c1cccc(NC(=O)c2csc(I)c2)c1. The van der Waals surface area contributed by atoms with Gasteiger partial charge in [0.25, 0.3) is 5.91 Å². The predicted octanol–water partition coefficient (Wildman–Crippen LogP) is 4.73. The fourth-order valence-corrected chi connectivity index (χ4v) is 2.93. The molecule has 1 aromatic carbocycles. The Morgan fingerprint density at radius 2 is 2.11 bits per heavy atom. The molecule has 0 aliphatic carbocycles. The number of carbonyl (C=O) groups is 1. The maximum Gasteiger partial charge on any atom is 0.256 e. The minimum atomic E-state index is -0.0462. The molecule has 1 amide bonds. The van der Waals surface area contributed by atoms with Crippen LogP contribution in [0.25, 0.3) is 0 Å². The molecule has 0 fully saturated rings. The van der Waals surface area contributed by atoms with E-state index < -0.39 is 0 Å². The Morgan fingerprint density at radius 3 is 2.72 bits per heavy atom. The monoisotopic (exact) mass is 371 g/mol. The molecule has 1 aromatic heterocycles. The van der Waals surface area contributed by atoms with Crippen molar-refractivity contribution in [1.29, 1.82) is 0 Å². The number of carbonyl (C=O) groups excluding carboxylic acids is 1. The Kier molecular flexibility index (Phi) is 4.40. The van der Waals surface area contributed by atoms with Gasteiger partial charge >= 0.3 is 0 Å². The first-order valence-electron chi connectivity index (χ1n) is 5.71. The lowest BCUT2D eigenvalue weighted by Crippen LogP contribution is -2.11. The normalized spacial score (nSPS) is 10.7. The fourth-order valence-electron chi connectivity index (χ4n) is 1.61. The van der Waals surface area contributed by atoms with Gasteiger partial charge in [0.05, 0.1) is 8.45 Å². The second-order valence-electron chi connectivity index (χ2n) is 4.37. The third-order valence-corrected chi connectivity index (χ3v) is 4.43. The number of nitrogens with one attached hydrogen (secondary N) is 1. The lowest BCUT2D eigenvalue weighted by atomic mass is 10.0. The number of hydrogen-bond donors (Lipinski definition) is 1. The molecule has 0 unspecified atom stereocenters. The number of amides is 1. The molecule has 0 aliphatic heterocycles. The summed E-state index contributed by atoms with van der Waals surface area (Å²) in [7, 11) is 0. The van der Waals surface area contributed by atoms with Crippen molar-refractivity contribution in [1.82, 2.24) is 0 Å². The van der Waals surface area contributed by atoms with Crippen molar-refractivity contribution >= 4 is 45.5 Å². The smallest absolute Gasteiger partial charge is 0.256 e. The standard InChI is InChI=1S/C14H14INOS/c1-9(2)10-4-3-5-12(6-10)16-14(17)11-7-13(15)18-8-11/h3-9H,1-2H3,(H,16,17). The number of anilines is 1. The minimum absolute atomic E-state index is 0.0462. The molecule has 2 rings (SSSR count). The number of hydrogen-bond acceptors (Lipinski definition) is 2. The van der Waals surface area contributed by atoms with Gasteiger partial charge in [0.15, 0.2) is 0 Å². The first-order chi connectivity index (χ1) is 8.56. The predicted molar refractivity (Wildman–Crippen MR) is 85.5 cm³/mol. The summed E-state index contributed by atoms with van der Waals surface area (Å²) in [4.78, 5) is 12.0. The van der Waals surface area contributed by atoms with Crippen molar-refractivity contribution < 1.29 is 4.79 Å². The van der Waals surface area contributed by atoms with Crippen molar-refractivity contribution in [2.24, 2.45) is 0 Å². The van der Waals surface area contributed by atoms with Crippen LogP contribution in [-0.2, 0) is 0 Å². The molecule has 2 aromatic rings. The molecule has 0 atom stereocenters. The Bertz CT molecular complexity index is 562. The van der Waals surface area contributed by atoms with Crippen LogP contribution in [-0.4, -0.2) is 5.91 Å². The van der Waals surface area contributed by atoms with E-state index in [9.17, 15) is 4.79 Å². The van der Waals surface area contributed by atoms with E-state index in [1.54, 1.807) is 11.3 Å². The van der Waals surface area contributed by atoms with Crippen LogP contribution in [0.2, 0.25) is 0 Å². The van der Waals surface area contributed by atoms with Crippen LogP contribution in [0.5, 0.6) is 0 Å². The van der Waals surface area contributed by atoms with Crippen molar-refractivity contribution in [3.63, 3.8) is 0 Å². The molecule has 18 heavy (non-hydrogen) atoms. The summed E-state index contributed by atoms with van der Waals surface area (Å²) in [6.45, 7) is 4.28. The second-order valence-corrected chi connectivity index (χ2v) is 7.18. The summed E-state index contributed by atoms with van der Waals surface area (Å²) in [5.41, 5.74) is 2.81. The summed E-state index contributed by atoms with van der Waals surface area (Å²) < 4.78 is 1.12. The molecular weight excluding hydrogens is 357 g/mol. The van der Waals surface area contributed by atoms with Gasteiger partial charge in [0.1, 0.15) is 0 Å². The molecule has 0 saturated carbocycles. The van der Waals surface area contributed by atoms with Crippen molar-refractivity contribution in [2.75, 3.05) is 5.32 Å². The van der Waals surface area contributed by atoms with E-state index in [0.29, 0.717) is 5.92 Å². The summed E-state index contributed by atoms with van der Waals surface area (Å²) in [6.07, 6.45) is 0. The lowest BCUT2D eigenvalue weighted by Gasteiger charge is -2.08. The van der Waals surface area contributed by atoms with E-state index in [4.69, 9.17) is 0 Å². The van der Waals surface area contributed by atoms with Gasteiger partial charge < -0.3 is 5.32 Å². The maximum absolute atomic E-state index is 12.0. The number of thiophene rings is 1. The van der Waals surface area contributed by atoms with Gasteiger partial charge in [-0.15, -0.1) is 11.3 Å². The number of rotatable bonds is 3. The van der Waals surface area contributed by atoms with Crippen LogP contribution in [0.3, 0.4) is 0 Å². The summed E-state index contributed by atoms with van der Waals surface area (Å²) in [6, 6.07) is 9.89. The highest BCUT2D eigenvalue weighted by atomic mass is 127. The Labute approximate surface area is 125 Å². The van der Waals surface area contributed by atoms with Gasteiger partial charge in [0.2, 0.25) is 0 Å². The Balaban J connectivity index is 2.14. The molecule has 0 aliphatic rings. The molecule has 94 valence electrons. The van der Waals surface area contributed by atoms with Gasteiger partial charge in [-0.25, -0.2) is 0 Å². The van der Waals surface area contributed by atoms with Crippen molar-refractivity contribution in [2.45, 2.75) is 19.8 Å². The van der Waals surface area contributed by atoms with Crippen LogP contribution >= 0.6 is 33.9 Å². The van der Waals surface area contributed by atoms with Crippen LogP contribution in [0.1, 0.15) is 35.7 Å². The second kappa shape index (κ2) is 5.84. The average Bonchev–Trinajstić information content (AvgIpc) is 2.76. The molecule has 0 spiro atoms. The zero-order valence-corrected chi connectivity index (χ0v) is 13.2. The van der Waals surface area contributed by atoms with E-state index in [0.717, 1.165) is 14.1 Å². The quantitative estimate of drug-likeness (QED) is 0.777. The zero-order chi connectivity index (χ0) is 13.1. The number of benzene rings is 1. The van der Waals surface area contributed by atoms with Crippen molar-refractivity contribution in [3.8, 4) is 0 Å². The van der Waals surface area contributed by atoms with Gasteiger partial charge in [-0.05, 0) is 52.3 Å². The first-order valence-corrected chi connectivity index (χ1v) is 7.67. The Morgan fingerprint density at radius 1 is 1.33 bits per heavy atom. The van der Waals surface area contributed by atoms with Crippen LogP contribution in [0.4, 0.5) is 5.69 Å². The molecule has 1 heterocycles. The highest BCUT2D eigenvalue weighted by Gasteiger charge is 2.08. The molecule has 0 bridgehead atoms. The summed E-state index contributed by atoms with van der Waals surface area (Å²) >= 11 is 3.79. The third-order valence-electron chi connectivity index (χ3n) is 2.64. The average molecular weight is 371 g/mol. The highest BCUT2D eigenvalue weighted by molar-refractivity contribution is 14.1. The van der Waals surface area contributed by atoms with Crippen LogP contribution in [0.15, 0.2) is 35.7 Å². The summed E-state index contributed by atoms with van der Waals surface area (Å²) in [5, 5.41) is 4.81. The fraction of sp³-hybridized carbons (Fsp3) is 0.214. The Hall–Kier alpha value is -0.880. The van der Waals surface area contributed by atoms with Gasteiger partial charge in [0, 0.05) is 11.1 Å². The molecular formula is C14H14INOS. The molecule has 2 nitrogen and oxygen atoms in total. The van der Waals surface area contributed by atoms with E-state index in [2.05, 4.69) is 47.8 Å². The molecule has 0 saturated heterocycles.